The van der Waals surface area contributed by atoms with E-state index in [1.807, 2.05) is 30.3 Å². The predicted molar refractivity (Wildman–Crippen MR) is 99.5 cm³/mol. The van der Waals surface area contributed by atoms with Gasteiger partial charge in [0.25, 0.3) is 0 Å². The van der Waals surface area contributed by atoms with Crippen molar-refractivity contribution in [2.45, 2.75) is 30.8 Å². The van der Waals surface area contributed by atoms with Crippen LogP contribution in [0.4, 0.5) is 5.69 Å². The van der Waals surface area contributed by atoms with Gasteiger partial charge >= 0.3 is 0 Å². The van der Waals surface area contributed by atoms with Gasteiger partial charge in [0.15, 0.2) is 18.4 Å². The third-order valence-corrected chi connectivity index (χ3v) is 4.91. The number of fused-ring (bicyclic) bond motifs is 1. The van der Waals surface area contributed by atoms with Gasteiger partial charge < -0.3 is 24.3 Å². The van der Waals surface area contributed by atoms with Crippen LogP contribution in [0.1, 0.15) is 11.9 Å². The van der Waals surface area contributed by atoms with Crippen LogP contribution in [-0.4, -0.2) is 44.0 Å². The fourth-order valence-corrected chi connectivity index (χ4v) is 3.42. The van der Waals surface area contributed by atoms with Crippen molar-refractivity contribution in [1.29, 1.82) is 0 Å². The van der Waals surface area contributed by atoms with Crippen molar-refractivity contribution in [2.75, 3.05) is 19.0 Å². The van der Waals surface area contributed by atoms with Crippen molar-refractivity contribution in [2.24, 2.45) is 0 Å². The van der Waals surface area contributed by atoms with Gasteiger partial charge in [0.05, 0.1) is 6.61 Å². The molecule has 4 rings (SSSR count). The minimum absolute atomic E-state index is 0.128. The minimum Gasteiger partial charge on any atom is -0.371 e. The number of ketones is 1. The molecule has 0 saturated carbocycles. The standard InChI is InChI=1S/C20H20ClNO5/c1-24-20-16(22-14-9-7-13(21)8-10-14)17(23)18-15(26-20)11-25-19(27-18)12-5-3-2-4-6-12/h2-10,15-16,18-20,22H,11H2,1H3/t15-,16-,18-,19?,20+/m1/s1. The van der Waals surface area contributed by atoms with Crippen LogP contribution < -0.4 is 5.32 Å². The van der Waals surface area contributed by atoms with Crippen molar-refractivity contribution < 1.29 is 23.7 Å². The normalized spacial score (nSPS) is 30.6. The highest BCUT2D eigenvalue weighted by molar-refractivity contribution is 6.30. The topological polar surface area (TPSA) is 66.0 Å². The first-order chi connectivity index (χ1) is 13.2. The largest absolute Gasteiger partial charge is 0.371 e. The zero-order valence-electron chi connectivity index (χ0n) is 14.7. The Hall–Kier alpha value is -1.96. The third kappa shape index (κ3) is 3.85. The molecule has 2 aliphatic rings. The molecule has 2 aromatic rings. The highest BCUT2D eigenvalue weighted by Gasteiger charge is 2.49. The summed E-state index contributed by atoms with van der Waals surface area (Å²) >= 11 is 5.93. The number of carbonyl (C=O) groups is 1. The van der Waals surface area contributed by atoms with Crippen molar-refractivity contribution in [1.82, 2.24) is 0 Å². The zero-order valence-corrected chi connectivity index (χ0v) is 15.5. The highest BCUT2D eigenvalue weighted by Crippen LogP contribution is 2.33. The summed E-state index contributed by atoms with van der Waals surface area (Å²) in [5.74, 6) is -0.128. The fourth-order valence-electron chi connectivity index (χ4n) is 3.29. The van der Waals surface area contributed by atoms with Gasteiger partial charge in [-0.15, -0.1) is 0 Å². The summed E-state index contributed by atoms with van der Waals surface area (Å²) in [6.07, 6.45) is -2.59. The maximum atomic E-state index is 13.1. The summed E-state index contributed by atoms with van der Waals surface area (Å²) in [7, 11) is 1.51. The maximum Gasteiger partial charge on any atom is 0.191 e. The van der Waals surface area contributed by atoms with Crippen LogP contribution in [0.5, 0.6) is 0 Å². The Morgan fingerprint density at radius 2 is 1.81 bits per heavy atom. The summed E-state index contributed by atoms with van der Waals surface area (Å²) in [6.45, 7) is 0.253. The van der Waals surface area contributed by atoms with E-state index in [1.165, 1.54) is 7.11 Å². The molecule has 0 aromatic heterocycles. The van der Waals surface area contributed by atoms with E-state index < -0.39 is 30.8 Å². The smallest absolute Gasteiger partial charge is 0.191 e. The summed E-state index contributed by atoms with van der Waals surface area (Å²) in [6, 6.07) is 15.9. The molecule has 2 saturated heterocycles. The summed E-state index contributed by atoms with van der Waals surface area (Å²) in [5.41, 5.74) is 1.60. The number of ether oxygens (including phenoxy) is 4. The Bertz CT molecular complexity index is 785. The molecule has 1 N–H and O–H groups in total. The lowest BCUT2D eigenvalue weighted by Gasteiger charge is -2.43. The molecule has 0 bridgehead atoms. The lowest BCUT2D eigenvalue weighted by Crippen LogP contribution is -2.62. The van der Waals surface area contributed by atoms with Crippen molar-refractivity contribution in [3.8, 4) is 0 Å². The van der Waals surface area contributed by atoms with E-state index in [-0.39, 0.29) is 12.4 Å². The van der Waals surface area contributed by atoms with E-state index >= 15 is 0 Å². The van der Waals surface area contributed by atoms with Crippen LogP contribution in [0.2, 0.25) is 5.02 Å². The van der Waals surface area contributed by atoms with E-state index in [0.29, 0.717) is 5.02 Å². The number of Topliss-reactive ketones (excluding diaryl/α,β-unsaturated/α-hetero) is 1. The number of nitrogens with one attached hydrogen (secondary N) is 1. The average molecular weight is 390 g/mol. The van der Waals surface area contributed by atoms with E-state index in [9.17, 15) is 4.79 Å². The van der Waals surface area contributed by atoms with Crippen molar-refractivity contribution in [3.05, 3.63) is 65.2 Å². The highest BCUT2D eigenvalue weighted by atomic mass is 35.5. The Balaban J connectivity index is 1.53. The molecule has 2 fully saturated rings. The molecule has 0 radical (unpaired) electrons. The second-order valence-corrected chi connectivity index (χ2v) is 6.88. The molecule has 0 amide bonds. The van der Waals surface area contributed by atoms with Gasteiger partial charge in [0.1, 0.15) is 18.2 Å². The molecular formula is C20H20ClNO5. The van der Waals surface area contributed by atoms with E-state index in [2.05, 4.69) is 5.32 Å². The van der Waals surface area contributed by atoms with Crippen LogP contribution in [-0.2, 0) is 23.7 Å². The van der Waals surface area contributed by atoms with Gasteiger partial charge in [-0.3, -0.25) is 4.79 Å². The second-order valence-electron chi connectivity index (χ2n) is 6.44. The first-order valence-electron chi connectivity index (χ1n) is 8.72. The quantitative estimate of drug-likeness (QED) is 0.866. The predicted octanol–water partition coefficient (Wildman–Crippen LogP) is 3.18. The van der Waals surface area contributed by atoms with E-state index in [1.54, 1.807) is 24.3 Å². The number of hydrogen-bond donors (Lipinski definition) is 1. The first kappa shape index (κ1) is 18.4. The zero-order chi connectivity index (χ0) is 18.8. The number of hydrogen-bond acceptors (Lipinski definition) is 6. The number of halogens is 1. The maximum absolute atomic E-state index is 13.1. The molecular weight excluding hydrogens is 370 g/mol. The number of anilines is 1. The summed E-state index contributed by atoms with van der Waals surface area (Å²) < 4.78 is 23.0. The molecule has 0 aliphatic carbocycles. The van der Waals surface area contributed by atoms with Gasteiger partial charge in [0.2, 0.25) is 0 Å². The number of methoxy groups -OCH3 is 1. The monoisotopic (exact) mass is 389 g/mol. The molecule has 1 unspecified atom stereocenters. The van der Waals surface area contributed by atoms with E-state index in [4.69, 9.17) is 30.5 Å². The van der Waals surface area contributed by atoms with Crippen LogP contribution in [0.15, 0.2) is 54.6 Å². The van der Waals surface area contributed by atoms with Crippen LogP contribution in [0, 0.1) is 0 Å². The van der Waals surface area contributed by atoms with Gasteiger partial charge in [-0.1, -0.05) is 41.9 Å². The molecule has 2 aromatic carbocycles. The van der Waals surface area contributed by atoms with Gasteiger partial charge in [-0.05, 0) is 24.3 Å². The van der Waals surface area contributed by atoms with Crippen molar-refractivity contribution >= 4 is 23.1 Å². The van der Waals surface area contributed by atoms with Gasteiger partial charge in [-0.2, -0.15) is 0 Å². The summed E-state index contributed by atoms with van der Waals surface area (Å²) in [4.78, 5) is 13.1. The second kappa shape index (κ2) is 7.96. The SMILES string of the molecule is CO[C@H]1O[C@@H]2COC(c3ccccc3)O[C@H]2C(=O)[C@H]1Nc1ccc(Cl)cc1. The Labute approximate surface area is 162 Å². The molecule has 6 nitrogen and oxygen atoms in total. The Morgan fingerprint density at radius 1 is 1.07 bits per heavy atom. The molecule has 27 heavy (non-hydrogen) atoms. The lowest BCUT2D eigenvalue weighted by atomic mass is 9.97. The van der Waals surface area contributed by atoms with Crippen molar-refractivity contribution in [3.63, 3.8) is 0 Å². The first-order valence-corrected chi connectivity index (χ1v) is 9.09. The third-order valence-electron chi connectivity index (χ3n) is 4.66. The van der Waals surface area contributed by atoms with Gasteiger partial charge in [-0.25, -0.2) is 0 Å². The molecule has 0 spiro atoms. The van der Waals surface area contributed by atoms with Crippen LogP contribution in [0.25, 0.3) is 0 Å². The molecule has 7 heteroatoms. The Kier molecular flexibility index (Phi) is 5.43. The molecule has 2 heterocycles. The van der Waals surface area contributed by atoms with Crippen LogP contribution in [0.3, 0.4) is 0 Å². The molecule has 142 valence electrons. The fraction of sp³-hybridized carbons (Fsp3) is 0.350. The molecule has 2 aliphatic heterocycles. The summed E-state index contributed by atoms with van der Waals surface area (Å²) in [5, 5.41) is 3.79. The number of rotatable bonds is 4. The minimum atomic E-state index is -0.741. The van der Waals surface area contributed by atoms with Crippen LogP contribution >= 0.6 is 11.6 Å². The Morgan fingerprint density at radius 3 is 2.52 bits per heavy atom. The number of benzene rings is 2. The lowest BCUT2D eigenvalue weighted by molar-refractivity contribution is -0.300. The number of carbonyl (C=O) groups excluding carboxylic acids is 1. The van der Waals surface area contributed by atoms with Gasteiger partial charge in [0, 0.05) is 23.4 Å². The average Bonchev–Trinajstić information content (AvgIpc) is 2.72. The van der Waals surface area contributed by atoms with E-state index in [0.717, 1.165) is 11.3 Å². The molecule has 5 atom stereocenters.